The van der Waals surface area contributed by atoms with Gasteiger partial charge in [0, 0.05) is 30.3 Å². The van der Waals surface area contributed by atoms with Crippen LogP contribution in [-0.2, 0) is 4.79 Å². The summed E-state index contributed by atoms with van der Waals surface area (Å²) >= 11 is 0. The fourth-order valence-corrected chi connectivity index (χ4v) is 3.67. The SMILES string of the molecule is COc1cccc([C@H]2CCCCN2CCC(=O)Nc2ccc(C(N)=O)cc2)c1. The van der Waals surface area contributed by atoms with Gasteiger partial charge in [-0.3, -0.25) is 14.5 Å². The van der Waals surface area contributed by atoms with Crippen LogP contribution in [0.3, 0.4) is 0 Å². The van der Waals surface area contributed by atoms with Crippen LogP contribution in [0.25, 0.3) is 0 Å². The quantitative estimate of drug-likeness (QED) is 0.770. The molecule has 0 aliphatic carbocycles. The van der Waals surface area contributed by atoms with Gasteiger partial charge in [-0.15, -0.1) is 0 Å². The van der Waals surface area contributed by atoms with Crippen LogP contribution in [0.5, 0.6) is 5.75 Å². The van der Waals surface area contributed by atoms with Gasteiger partial charge < -0.3 is 15.8 Å². The van der Waals surface area contributed by atoms with Gasteiger partial charge in [0.25, 0.3) is 0 Å². The molecule has 1 heterocycles. The summed E-state index contributed by atoms with van der Waals surface area (Å²) in [5.41, 5.74) is 7.56. The highest BCUT2D eigenvalue weighted by atomic mass is 16.5. The molecular weight excluding hydrogens is 354 g/mol. The van der Waals surface area contributed by atoms with E-state index in [4.69, 9.17) is 10.5 Å². The molecule has 2 aromatic rings. The lowest BCUT2D eigenvalue weighted by molar-refractivity contribution is -0.116. The van der Waals surface area contributed by atoms with E-state index >= 15 is 0 Å². The molecule has 6 heteroatoms. The fourth-order valence-electron chi connectivity index (χ4n) is 3.67. The van der Waals surface area contributed by atoms with E-state index in [9.17, 15) is 9.59 Å². The summed E-state index contributed by atoms with van der Waals surface area (Å²) in [6.45, 7) is 1.69. The number of hydrogen-bond donors (Lipinski definition) is 2. The number of primary amides is 1. The van der Waals surface area contributed by atoms with Crippen molar-refractivity contribution in [2.75, 3.05) is 25.5 Å². The summed E-state index contributed by atoms with van der Waals surface area (Å²) in [5.74, 6) is 0.341. The number of hydrogen-bond acceptors (Lipinski definition) is 4. The largest absolute Gasteiger partial charge is 0.497 e. The Labute approximate surface area is 165 Å². The zero-order valence-electron chi connectivity index (χ0n) is 16.2. The first kappa shape index (κ1) is 19.9. The van der Waals surface area contributed by atoms with Crippen LogP contribution in [0.15, 0.2) is 48.5 Å². The number of carbonyl (C=O) groups is 2. The lowest BCUT2D eigenvalue weighted by atomic mass is 9.95. The van der Waals surface area contributed by atoms with Crippen LogP contribution in [0.4, 0.5) is 5.69 Å². The molecule has 1 fully saturated rings. The van der Waals surface area contributed by atoms with Gasteiger partial charge in [0.2, 0.25) is 11.8 Å². The second-order valence-corrected chi connectivity index (χ2v) is 7.06. The molecule has 0 radical (unpaired) electrons. The van der Waals surface area contributed by atoms with Gasteiger partial charge in [0.15, 0.2) is 0 Å². The van der Waals surface area contributed by atoms with E-state index in [-0.39, 0.29) is 5.91 Å². The van der Waals surface area contributed by atoms with E-state index in [2.05, 4.69) is 22.3 Å². The summed E-state index contributed by atoms with van der Waals surface area (Å²) in [6.07, 6.45) is 3.84. The third-order valence-corrected chi connectivity index (χ3v) is 5.17. The monoisotopic (exact) mass is 381 g/mol. The summed E-state index contributed by atoms with van der Waals surface area (Å²) in [4.78, 5) is 25.9. The maximum absolute atomic E-state index is 12.4. The first-order valence-electron chi connectivity index (χ1n) is 9.64. The molecule has 1 aliphatic rings. The minimum Gasteiger partial charge on any atom is -0.497 e. The first-order chi connectivity index (χ1) is 13.6. The number of benzene rings is 2. The molecule has 6 nitrogen and oxygen atoms in total. The molecule has 0 bridgehead atoms. The number of amides is 2. The number of ether oxygens (including phenoxy) is 1. The Hall–Kier alpha value is -2.86. The lowest BCUT2D eigenvalue weighted by Crippen LogP contribution is -2.35. The second-order valence-electron chi connectivity index (χ2n) is 7.06. The number of nitrogens with zero attached hydrogens (tertiary/aromatic N) is 1. The molecular formula is C22H27N3O3. The molecule has 0 aromatic heterocycles. The molecule has 3 rings (SSSR count). The highest BCUT2D eigenvalue weighted by molar-refractivity contribution is 5.94. The Balaban J connectivity index is 1.58. The standard InChI is InChI=1S/C22H27N3O3/c1-28-19-6-4-5-17(15-19)20-7-2-3-13-25(20)14-12-21(26)24-18-10-8-16(9-11-18)22(23)27/h4-6,8-11,15,20H,2-3,7,12-14H2,1H3,(H2,23,27)(H,24,26)/t20-/m1/s1. The van der Waals surface area contributed by atoms with Crippen LogP contribution >= 0.6 is 0 Å². The Morgan fingerprint density at radius 1 is 1.18 bits per heavy atom. The zero-order chi connectivity index (χ0) is 19.9. The van der Waals surface area contributed by atoms with Crippen molar-refractivity contribution in [1.29, 1.82) is 0 Å². The van der Waals surface area contributed by atoms with E-state index in [1.165, 1.54) is 12.0 Å². The summed E-state index contributed by atoms with van der Waals surface area (Å²) < 4.78 is 5.36. The van der Waals surface area contributed by atoms with E-state index < -0.39 is 5.91 Å². The van der Waals surface area contributed by atoms with Gasteiger partial charge in [0.1, 0.15) is 5.75 Å². The molecule has 1 aliphatic heterocycles. The highest BCUT2D eigenvalue weighted by Gasteiger charge is 2.24. The minimum absolute atomic E-state index is 0.0400. The van der Waals surface area contributed by atoms with E-state index in [1.807, 2.05) is 12.1 Å². The van der Waals surface area contributed by atoms with Gasteiger partial charge in [-0.2, -0.15) is 0 Å². The van der Waals surface area contributed by atoms with E-state index in [0.29, 0.717) is 30.3 Å². The second kappa shape index (κ2) is 9.37. The molecule has 0 spiro atoms. The molecule has 1 atom stereocenters. The zero-order valence-corrected chi connectivity index (χ0v) is 16.2. The maximum Gasteiger partial charge on any atom is 0.248 e. The Bertz CT molecular complexity index is 820. The Morgan fingerprint density at radius 2 is 1.96 bits per heavy atom. The summed E-state index contributed by atoms with van der Waals surface area (Å²) in [5, 5.41) is 2.88. The van der Waals surface area contributed by atoms with Crippen molar-refractivity contribution in [3.63, 3.8) is 0 Å². The lowest BCUT2D eigenvalue weighted by Gasteiger charge is -2.36. The van der Waals surface area contributed by atoms with Crippen LogP contribution in [-0.4, -0.2) is 36.9 Å². The predicted octanol–water partition coefficient (Wildman–Crippen LogP) is 3.35. The first-order valence-corrected chi connectivity index (χ1v) is 9.64. The van der Waals surface area contributed by atoms with Crippen LogP contribution < -0.4 is 15.8 Å². The van der Waals surface area contributed by atoms with Crippen molar-refractivity contribution in [3.8, 4) is 5.75 Å². The predicted molar refractivity (Wildman–Crippen MR) is 109 cm³/mol. The number of rotatable bonds is 7. The average molecular weight is 381 g/mol. The number of nitrogens with two attached hydrogens (primary N) is 1. The van der Waals surface area contributed by atoms with Crippen LogP contribution in [0, 0.1) is 0 Å². The van der Waals surface area contributed by atoms with Gasteiger partial charge in [-0.1, -0.05) is 18.6 Å². The third-order valence-electron chi connectivity index (χ3n) is 5.17. The van der Waals surface area contributed by atoms with Gasteiger partial charge in [0.05, 0.1) is 7.11 Å². The molecule has 148 valence electrons. The van der Waals surface area contributed by atoms with Crippen molar-refractivity contribution in [2.24, 2.45) is 5.73 Å². The molecule has 28 heavy (non-hydrogen) atoms. The topological polar surface area (TPSA) is 84.7 Å². The van der Waals surface area contributed by atoms with Crippen molar-refractivity contribution in [2.45, 2.75) is 31.7 Å². The molecule has 2 amide bonds. The van der Waals surface area contributed by atoms with E-state index in [1.54, 1.807) is 31.4 Å². The summed E-state index contributed by atoms with van der Waals surface area (Å²) in [6, 6.07) is 15.1. The van der Waals surface area contributed by atoms with Crippen molar-refractivity contribution in [1.82, 2.24) is 4.90 Å². The Morgan fingerprint density at radius 3 is 2.68 bits per heavy atom. The van der Waals surface area contributed by atoms with Gasteiger partial charge in [-0.25, -0.2) is 0 Å². The number of methoxy groups -OCH3 is 1. The summed E-state index contributed by atoms with van der Waals surface area (Å²) in [7, 11) is 1.68. The molecule has 1 saturated heterocycles. The molecule has 0 saturated carbocycles. The van der Waals surface area contributed by atoms with Crippen LogP contribution in [0.1, 0.15) is 47.6 Å². The third kappa shape index (κ3) is 5.10. The number of carbonyl (C=O) groups excluding carboxylic acids is 2. The maximum atomic E-state index is 12.4. The molecule has 3 N–H and O–H groups in total. The number of nitrogens with one attached hydrogen (secondary N) is 1. The molecule has 0 unspecified atom stereocenters. The Kier molecular flexibility index (Phi) is 6.66. The minimum atomic E-state index is -0.480. The number of likely N-dealkylation sites (tertiary alicyclic amines) is 1. The van der Waals surface area contributed by atoms with Crippen molar-refractivity contribution < 1.29 is 14.3 Å². The molecule has 2 aromatic carbocycles. The normalized spacial score (nSPS) is 17.1. The highest BCUT2D eigenvalue weighted by Crippen LogP contribution is 2.32. The fraction of sp³-hybridized carbons (Fsp3) is 0.364. The van der Waals surface area contributed by atoms with Gasteiger partial charge in [-0.05, 0) is 61.3 Å². The smallest absolute Gasteiger partial charge is 0.248 e. The van der Waals surface area contributed by atoms with Crippen molar-refractivity contribution >= 4 is 17.5 Å². The average Bonchev–Trinajstić information content (AvgIpc) is 2.73. The van der Waals surface area contributed by atoms with E-state index in [0.717, 1.165) is 25.1 Å². The van der Waals surface area contributed by atoms with Crippen molar-refractivity contribution in [3.05, 3.63) is 59.7 Å². The number of anilines is 1. The van der Waals surface area contributed by atoms with Crippen LogP contribution in [0.2, 0.25) is 0 Å². The number of piperidine rings is 1. The van der Waals surface area contributed by atoms with Gasteiger partial charge >= 0.3 is 0 Å².